The van der Waals surface area contributed by atoms with Crippen LogP contribution in [0.15, 0.2) is 39.4 Å². The number of benzene rings is 1. The average molecular weight is 492 g/mol. The second kappa shape index (κ2) is 9.82. The van der Waals surface area contributed by atoms with Crippen molar-refractivity contribution < 1.29 is 23.5 Å². The number of carbonyl (C=O) groups is 2. The zero-order chi connectivity index (χ0) is 21.8. The van der Waals surface area contributed by atoms with Crippen molar-refractivity contribution in [3.63, 3.8) is 0 Å². The lowest BCUT2D eigenvalue weighted by atomic mass is 9.90. The van der Waals surface area contributed by atoms with Gasteiger partial charge in [0.1, 0.15) is 18.1 Å². The molecule has 2 aliphatic heterocycles. The van der Waals surface area contributed by atoms with E-state index in [1.807, 2.05) is 29.2 Å². The third-order valence-corrected chi connectivity index (χ3v) is 6.17. The van der Waals surface area contributed by atoms with E-state index >= 15 is 0 Å². The number of amides is 2. The Labute approximate surface area is 189 Å². The molecule has 0 radical (unpaired) electrons. The molecule has 166 valence electrons. The lowest BCUT2D eigenvalue weighted by molar-refractivity contribution is -0.137. The molecule has 1 aromatic heterocycles. The molecule has 9 heteroatoms. The van der Waals surface area contributed by atoms with Crippen molar-refractivity contribution in [2.45, 2.75) is 25.9 Å². The summed E-state index contributed by atoms with van der Waals surface area (Å²) in [4.78, 5) is 33.6. The van der Waals surface area contributed by atoms with Crippen LogP contribution in [0.25, 0.3) is 0 Å². The maximum atomic E-state index is 12.9. The van der Waals surface area contributed by atoms with Crippen LogP contribution in [0.4, 0.5) is 0 Å². The first-order valence-corrected chi connectivity index (χ1v) is 11.3. The van der Waals surface area contributed by atoms with Gasteiger partial charge in [-0.05, 0) is 18.2 Å². The Morgan fingerprint density at radius 2 is 2.03 bits per heavy atom. The SMILES string of the molecule is Cc1nc(C(=O)N2CC[C@H](Oc3cccc(Br)c3)[C@@H](CC(=O)N3CCOCC3)C2)co1. The topological polar surface area (TPSA) is 85.1 Å². The van der Waals surface area contributed by atoms with E-state index < -0.39 is 0 Å². The summed E-state index contributed by atoms with van der Waals surface area (Å²) >= 11 is 3.47. The normalized spacial score (nSPS) is 21.7. The van der Waals surface area contributed by atoms with E-state index in [1.54, 1.807) is 11.8 Å². The minimum atomic E-state index is -0.179. The highest BCUT2D eigenvalue weighted by atomic mass is 79.9. The summed E-state index contributed by atoms with van der Waals surface area (Å²) in [5.41, 5.74) is 0.294. The third kappa shape index (κ3) is 5.46. The molecule has 0 bridgehead atoms. The van der Waals surface area contributed by atoms with Crippen molar-refractivity contribution in [3.05, 3.63) is 46.6 Å². The lowest BCUT2D eigenvalue weighted by Gasteiger charge is -2.39. The van der Waals surface area contributed by atoms with Crippen LogP contribution in [0.5, 0.6) is 5.75 Å². The lowest BCUT2D eigenvalue weighted by Crippen LogP contribution is -2.50. The number of likely N-dealkylation sites (tertiary alicyclic amines) is 1. The number of piperidine rings is 1. The van der Waals surface area contributed by atoms with Gasteiger partial charge in [-0.15, -0.1) is 0 Å². The summed E-state index contributed by atoms with van der Waals surface area (Å²) in [6, 6.07) is 7.67. The van der Waals surface area contributed by atoms with E-state index in [0.717, 1.165) is 10.2 Å². The highest BCUT2D eigenvalue weighted by molar-refractivity contribution is 9.10. The Bertz CT molecular complexity index is 927. The molecule has 0 unspecified atom stereocenters. The number of carbonyl (C=O) groups excluding carboxylic acids is 2. The van der Waals surface area contributed by atoms with Gasteiger partial charge in [-0.1, -0.05) is 22.0 Å². The predicted molar refractivity (Wildman–Crippen MR) is 116 cm³/mol. The van der Waals surface area contributed by atoms with Crippen LogP contribution in [0.1, 0.15) is 29.2 Å². The zero-order valence-electron chi connectivity index (χ0n) is 17.5. The Balaban J connectivity index is 1.48. The van der Waals surface area contributed by atoms with Crippen molar-refractivity contribution >= 4 is 27.7 Å². The minimum Gasteiger partial charge on any atom is -0.490 e. The molecule has 2 atom stereocenters. The van der Waals surface area contributed by atoms with Gasteiger partial charge < -0.3 is 23.7 Å². The van der Waals surface area contributed by atoms with Gasteiger partial charge in [0.25, 0.3) is 5.91 Å². The van der Waals surface area contributed by atoms with Crippen molar-refractivity contribution in [2.75, 3.05) is 39.4 Å². The Morgan fingerprint density at radius 1 is 1.23 bits per heavy atom. The summed E-state index contributed by atoms with van der Waals surface area (Å²) in [5, 5.41) is 0. The highest BCUT2D eigenvalue weighted by Crippen LogP contribution is 2.28. The standard InChI is InChI=1S/C22H26BrN3O5/c1-15-24-19(14-30-15)22(28)26-6-5-20(31-18-4-2-3-17(23)12-18)16(13-26)11-21(27)25-7-9-29-10-8-25/h2-4,12,14,16,20H,5-11,13H2,1H3/t16-,20-/m0/s1. The van der Waals surface area contributed by atoms with Gasteiger partial charge in [-0.2, -0.15) is 0 Å². The van der Waals surface area contributed by atoms with Crippen LogP contribution in [0.3, 0.4) is 0 Å². The molecule has 0 aliphatic carbocycles. The number of aryl methyl sites for hydroxylation is 1. The molecule has 1 aromatic carbocycles. The molecule has 2 amide bonds. The molecule has 0 spiro atoms. The van der Waals surface area contributed by atoms with E-state index in [4.69, 9.17) is 13.9 Å². The van der Waals surface area contributed by atoms with Crippen molar-refractivity contribution in [1.29, 1.82) is 0 Å². The molecule has 0 saturated carbocycles. The van der Waals surface area contributed by atoms with Gasteiger partial charge in [0.05, 0.1) is 13.2 Å². The molecular weight excluding hydrogens is 466 g/mol. The Kier molecular flexibility index (Phi) is 6.92. The fourth-order valence-corrected chi connectivity index (χ4v) is 4.43. The molecule has 2 aromatic rings. The van der Waals surface area contributed by atoms with Crippen LogP contribution in [0, 0.1) is 12.8 Å². The van der Waals surface area contributed by atoms with Gasteiger partial charge in [0, 0.05) is 56.3 Å². The molecule has 3 heterocycles. The minimum absolute atomic E-state index is 0.0720. The van der Waals surface area contributed by atoms with Crippen LogP contribution in [-0.2, 0) is 9.53 Å². The molecule has 4 rings (SSSR count). The third-order valence-electron chi connectivity index (χ3n) is 5.67. The van der Waals surface area contributed by atoms with E-state index in [2.05, 4.69) is 20.9 Å². The van der Waals surface area contributed by atoms with E-state index in [-0.39, 0.29) is 23.8 Å². The first-order valence-electron chi connectivity index (χ1n) is 10.5. The first-order chi connectivity index (χ1) is 15.0. The largest absolute Gasteiger partial charge is 0.490 e. The van der Waals surface area contributed by atoms with E-state index in [0.29, 0.717) is 63.8 Å². The maximum absolute atomic E-state index is 12.9. The van der Waals surface area contributed by atoms with Crippen molar-refractivity contribution in [2.24, 2.45) is 5.92 Å². The summed E-state index contributed by atoms with van der Waals surface area (Å²) < 4.78 is 17.8. The van der Waals surface area contributed by atoms with Gasteiger partial charge in [0.15, 0.2) is 11.6 Å². The number of nitrogens with zero attached hydrogens (tertiary/aromatic N) is 3. The van der Waals surface area contributed by atoms with Crippen LogP contribution >= 0.6 is 15.9 Å². The fourth-order valence-electron chi connectivity index (χ4n) is 4.05. The number of hydrogen-bond acceptors (Lipinski definition) is 6. The summed E-state index contributed by atoms with van der Waals surface area (Å²) in [5.74, 6) is 0.967. The van der Waals surface area contributed by atoms with E-state index in [1.165, 1.54) is 6.26 Å². The maximum Gasteiger partial charge on any atom is 0.275 e. The van der Waals surface area contributed by atoms with Gasteiger partial charge in [0.2, 0.25) is 5.91 Å². The van der Waals surface area contributed by atoms with Crippen LogP contribution in [-0.4, -0.2) is 72.1 Å². The number of morpholine rings is 1. The van der Waals surface area contributed by atoms with Gasteiger partial charge >= 0.3 is 0 Å². The Hall–Kier alpha value is -2.39. The van der Waals surface area contributed by atoms with Gasteiger partial charge in [-0.3, -0.25) is 9.59 Å². The van der Waals surface area contributed by atoms with Crippen molar-refractivity contribution in [1.82, 2.24) is 14.8 Å². The van der Waals surface area contributed by atoms with Crippen molar-refractivity contribution in [3.8, 4) is 5.75 Å². The van der Waals surface area contributed by atoms with Gasteiger partial charge in [-0.25, -0.2) is 4.98 Å². The zero-order valence-corrected chi connectivity index (χ0v) is 19.0. The quantitative estimate of drug-likeness (QED) is 0.639. The second-order valence-electron chi connectivity index (χ2n) is 7.86. The molecular formula is C22H26BrN3O5. The van der Waals surface area contributed by atoms with Crippen LogP contribution < -0.4 is 4.74 Å². The number of halogens is 1. The molecule has 2 saturated heterocycles. The number of oxazole rings is 1. The predicted octanol–water partition coefficient (Wildman–Crippen LogP) is 2.90. The number of hydrogen-bond donors (Lipinski definition) is 0. The number of ether oxygens (including phenoxy) is 2. The number of rotatable bonds is 5. The van der Waals surface area contributed by atoms with Crippen LogP contribution in [0.2, 0.25) is 0 Å². The number of aromatic nitrogens is 1. The van der Waals surface area contributed by atoms with E-state index in [9.17, 15) is 9.59 Å². The summed E-state index contributed by atoms with van der Waals surface area (Å²) in [6.07, 6.45) is 2.17. The smallest absolute Gasteiger partial charge is 0.275 e. The molecule has 8 nitrogen and oxygen atoms in total. The average Bonchev–Trinajstić information content (AvgIpc) is 3.21. The fraction of sp³-hybridized carbons (Fsp3) is 0.500. The first kappa shape index (κ1) is 21.8. The Morgan fingerprint density at radius 3 is 2.74 bits per heavy atom. The monoisotopic (exact) mass is 491 g/mol. The summed E-state index contributed by atoms with van der Waals surface area (Å²) in [6.45, 7) is 4.99. The second-order valence-corrected chi connectivity index (χ2v) is 8.78. The highest BCUT2D eigenvalue weighted by Gasteiger charge is 2.36. The molecule has 2 aliphatic rings. The molecule has 2 fully saturated rings. The molecule has 0 N–H and O–H groups in total. The summed E-state index contributed by atoms with van der Waals surface area (Å²) in [7, 11) is 0. The molecule has 31 heavy (non-hydrogen) atoms.